The zero-order valence-corrected chi connectivity index (χ0v) is 14.7. The molecule has 25 heavy (non-hydrogen) atoms. The Balaban J connectivity index is 1.63. The highest BCUT2D eigenvalue weighted by Crippen LogP contribution is 2.27. The van der Waals surface area contributed by atoms with Crippen LogP contribution in [0.25, 0.3) is 0 Å². The van der Waals surface area contributed by atoms with Crippen LogP contribution in [0.1, 0.15) is 18.7 Å². The molecule has 1 fully saturated rings. The normalized spacial score (nSPS) is 17.9. The van der Waals surface area contributed by atoms with Gasteiger partial charge in [-0.15, -0.1) is 0 Å². The molecule has 1 saturated heterocycles. The monoisotopic (exact) mass is 343 g/mol. The molecule has 1 aliphatic heterocycles. The van der Waals surface area contributed by atoms with E-state index in [1.54, 1.807) is 26.5 Å². The predicted molar refractivity (Wildman–Crippen MR) is 97.9 cm³/mol. The Labute approximate surface area is 148 Å². The summed E-state index contributed by atoms with van der Waals surface area (Å²) in [6.45, 7) is 2.68. The van der Waals surface area contributed by atoms with Crippen LogP contribution in [0.3, 0.4) is 0 Å². The van der Waals surface area contributed by atoms with E-state index in [-0.39, 0.29) is 0 Å². The van der Waals surface area contributed by atoms with Gasteiger partial charge >= 0.3 is 0 Å². The van der Waals surface area contributed by atoms with E-state index in [4.69, 9.17) is 15.2 Å². The predicted octanol–water partition coefficient (Wildman–Crippen LogP) is 2.15. The van der Waals surface area contributed by atoms with E-state index in [0.29, 0.717) is 18.4 Å². The number of ether oxygens (including phenoxy) is 2. The molecule has 0 bridgehead atoms. The topological polar surface area (TPSA) is 85.5 Å². The van der Waals surface area contributed by atoms with E-state index in [9.17, 15) is 0 Å². The van der Waals surface area contributed by atoms with Crippen LogP contribution in [-0.4, -0.2) is 48.2 Å². The van der Waals surface area contributed by atoms with Crippen molar-refractivity contribution in [3.63, 3.8) is 0 Å². The standard InChI is InChI=1S/C18H25N5O2/c1-24-15-8-14(9-16(10-15)25-2)21-13-4-3-7-23(11-13)12-18-20-6-5-17(19)22-18/h5-6,8-10,13,21H,3-4,7,11-12H2,1-2H3,(H2,19,20,22)/t13-/m0/s1. The number of hydrogen-bond donors (Lipinski definition) is 2. The lowest BCUT2D eigenvalue weighted by Gasteiger charge is -2.33. The first kappa shape index (κ1) is 17.3. The van der Waals surface area contributed by atoms with Gasteiger partial charge in [0, 0.05) is 42.7 Å². The van der Waals surface area contributed by atoms with E-state index in [2.05, 4.69) is 20.2 Å². The minimum Gasteiger partial charge on any atom is -0.497 e. The van der Waals surface area contributed by atoms with Gasteiger partial charge < -0.3 is 20.5 Å². The SMILES string of the molecule is COc1cc(N[C@H]2CCCN(Cc3nccc(N)n3)C2)cc(OC)c1. The summed E-state index contributed by atoms with van der Waals surface area (Å²) in [5, 5.41) is 3.59. The summed E-state index contributed by atoms with van der Waals surface area (Å²) in [5.41, 5.74) is 6.75. The molecule has 1 aromatic carbocycles. The first-order valence-electron chi connectivity index (χ1n) is 8.45. The Morgan fingerprint density at radius 3 is 2.68 bits per heavy atom. The number of benzene rings is 1. The van der Waals surface area contributed by atoms with Crippen molar-refractivity contribution in [1.29, 1.82) is 0 Å². The highest BCUT2D eigenvalue weighted by Gasteiger charge is 2.21. The second-order valence-electron chi connectivity index (χ2n) is 6.22. The fourth-order valence-electron chi connectivity index (χ4n) is 3.13. The van der Waals surface area contributed by atoms with E-state index in [1.165, 1.54) is 0 Å². The van der Waals surface area contributed by atoms with Crippen LogP contribution in [0.2, 0.25) is 0 Å². The minimum absolute atomic E-state index is 0.353. The van der Waals surface area contributed by atoms with Crippen LogP contribution in [-0.2, 0) is 6.54 Å². The smallest absolute Gasteiger partial charge is 0.144 e. The maximum Gasteiger partial charge on any atom is 0.144 e. The third kappa shape index (κ3) is 4.73. The van der Waals surface area contributed by atoms with Gasteiger partial charge in [-0.3, -0.25) is 4.90 Å². The van der Waals surface area contributed by atoms with Crippen molar-refractivity contribution in [2.75, 3.05) is 38.4 Å². The average Bonchev–Trinajstić information content (AvgIpc) is 2.61. The first-order chi connectivity index (χ1) is 12.2. The summed E-state index contributed by atoms with van der Waals surface area (Å²) in [5.74, 6) is 2.84. The molecule has 0 aliphatic carbocycles. The zero-order chi connectivity index (χ0) is 17.6. The molecule has 0 spiro atoms. The number of aromatic nitrogens is 2. The van der Waals surface area contributed by atoms with Crippen LogP contribution >= 0.6 is 0 Å². The Morgan fingerprint density at radius 2 is 2.00 bits per heavy atom. The van der Waals surface area contributed by atoms with Crippen molar-refractivity contribution in [3.05, 3.63) is 36.3 Å². The molecule has 2 aromatic rings. The average molecular weight is 343 g/mol. The van der Waals surface area contributed by atoms with Crippen molar-refractivity contribution in [2.24, 2.45) is 0 Å². The number of hydrogen-bond acceptors (Lipinski definition) is 7. The summed E-state index contributed by atoms with van der Waals surface area (Å²) >= 11 is 0. The lowest BCUT2D eigenvalue weighted by Crippen LogP contribution is -2.41. The maximum atomic E-state index is 5.74. The van der Waals surface area contributed by atoms with Crippen molar-refractivity contribution in [1.82, 2.24) is 14.9 Å². The largest absolute Gasteiger partial charge is 0.497 e. The van der Waals surface area contributed by atoms with Gasteiger partial charge in [0.05, 0.1) is 20.8 Å². The molecule has 1 atom stereocenters. The second kappa shape index (κ2) is 8.02. The van der Waals surface area contributed by atoms with Crippen molar-refractivity contribution in [3.8, 4) is 11.5 Å². The van der Waals surface area contributed by atoms with Crippen LogP contribution in [0.4, 0.5) is 11.5 Å². The van der Waals surface area contributed by atoms with Crippen LogP contribution in [0.15, 0.2) is 30.5 Å². The lowest BCUT2D eigenvalue weighted by molar-refractivity contribution is 0.204. The van der Waals surface area contributed by atoms with Gasteiger partial charge in [0.1, 0.15) is 23.1 Å². The third-order valence-electron chi connectivity index (χ3n) is 4.32. The van der Waals surface area contributed by atoms with Crippen molar-refractivity contribution < 1.29 is 9.47 Å². The Kier molecular flexibility index (Phi) is 5.55. The third-order valence-corrected chi connectivity index (χ3v) is 4.32. The molecule has 1 aromatic heterocycles. The van der Waals surface area contributed by atoms with Crippen LogP contribution < -0.4 is 20.5 Å². The van der Waals surface area contributed by atoms with Crippen LogP contribution in [0, 0.1) is 0 Å². The van der Waals surface area contributed by atoms with E-state index in [1.807, 2.05) is 18.2 Å². The van der Waals surface area contributed by atoms with Gasteiger partial charge in [0.2, 0.25) is 0 Å². The molecular formula is C18H25N5O2. The summed E-state index contributed by atoms with van der Waals surface area (Å²) in [6, 6.07) is 7.91. The molecule has 7 nitrogen and oxygen atoms in total. The number of nitrogens with two attached hydrogens (primary N) is 1. The van der Waals surface area contributed by atoms with Gasteiger partial charge in [0.25, 0.3) is 0 Å². The Bertz CT molecular complexity index is 687. The fourth-order valence-corrected chi connectivity index (χ4v) is 3.13. The molecule has 134 valence electrons. The fraction of sp³-hybridized carbons (Fsp3) is 0.444. The van der Waals surface area contributed by atoms with Crippen molar-refractivity contribution in [2.45, 2.75) is 25.4 Å². The van der Waals surface area contributed by atoms with E-state index < -0.39 is 0 Å². The molecular weight excluding hydrogens is 318 g/mol. The van der Waals surface area contributed by atoms with Gasteiger partial charge in [-0.05, 0) is 25.5 Å². The number of anilines is 2. The second-order valence-corrected chi connectivity index (χ2v) is 6.22. The molecule has 0 radical (unpaired) electrons. The number of nitrogen functional groups attached to an aromatic ring is 1. The molecule has 0 amide bonds. The van der Waals surface area contributed by atoms with Gasteiger partial charge in [-0.2, -0.15) is 0 Å². The summed E-state index contributed by atoms with van der Waals surface area (Å²) in [4.78, 5) is 10.9. The highest BCUT2D eigenvalue weighted by molar-refractivity contribution is 5.54. The van der Waals surface area contributed by atoms with E-state index in [0.717, 1.165) is 48.9 Å². The number of methoxy groups -OCH3 is 2. The Morgan fingerprint density at radius 1 is 1.24 bits per heavy atom. The van der Waals surface area contributed by atoms with Gasteiger partial charge in [-0.1, -0.05) is 0 Å². The lowest BCUT2D eigenvalue weighted by atomic mass is 10.1. The van der Waals surface area contributed by atoms with Gasteiger partial charge in [-0.25, -0.2) is 9.97 Å². The number of likely N-dealkylation sites (tertiary alicyclic amines) is 1. The number of piperidine rings is 1. The highest BCUT2D eigenvalue weighted by atomic mass is 16.5. The summed E-state index contributed by atoms with van der Waals surface area (Å²) < 4.78 is 10.7. The molecule has 0 saturated carbocycles. The number of rotatable bonds is 6. The van der Waals surface area contributed by atoms with Gasteiger partial charge in [0.15, 0.2) is 0 Å². The maximum absolute atomic E-state index is 5.74. The molecule has 0 unspecified atom stereocenters. The Hall–Kier alpha value is -2.54. The molecule has 7 heteroatoms. The zero-order valence-electron chi connectivity index (χ0n) is 14.7. The van der Waals surface area contributed by atoms with E-state index >= 15 is 0 Å². The summed E-state index contributed by atoms with van der Waals surface area (Å²) in [7, 11) is 3.32. The number of nitrogens with zero attached hydrogens (tertiary/aromatic N) is 3. The molecule has 1 aliphatic rings. The molecule has 3 N–H and O–H groups in total. The van der Waals surface area contributed by atoms with Crippen molar-refractivity contribution >= 4 is 11.5 Å². The van der Waals surface area contributed by atoms with Crippen LogP contribution in [0.5, 0.6) is 11.5 Å². The molecule has 3 rings (SSSR count). The first-order valence-corrected chi connectivity index (χ1v) is 8.45. The molecule has 2 heterocycles. The summed E-state index contributed by atoms with van der Waals surface area (Å²) in [6.07, 6.45) is 3.95. The number of nitrogens with one attached hydrogen (secondary N) is 1. The minimum atomic E-state index is 0.353. The quantitative estimate of drug-likeness (QED) is 0.831.